The van der Waals surface area contributed by atoms with E-state index < -0.39 is 5.60 Å². The lowest BCUT2D eigenvalue weighted by atomic mass is 9.98. The van der Waals surface area contributed by atoms with Gasteiger partial charge in [-0.25, -0.2) is 4.98 Å². The lowest BCUT2D eigenvalue weighted by Gasteiger charge is -2.21. The highest BCUT2D eigenvalue weighted by Gasteiger charge is 2.33. The van der Waals surface area contributed by atoms with Gasteiger partial charge in [0, 0.05) is 23.2 Å². The van der Waals surface area contributed by atoms with Crippen LogP contribution in [-0.2, 0) is 13.0 Å². The molecule has 2 aromatic rings. The predicted molar refractivity (Wildman–Crippen MR) is 96.1 cm³/mol. The van der Waals surface area contributed by atoms with Crippen molar-refractivity contribution >= 4 is 17.2 Å². The van der Waals surface area contributed by atoms with Crippen LogP contribution in [0.1, 0.15) is 54.0 Å². The number of carbonyl (C=O) groups is 1. The van der Waals surface area contributed by atoms with Crippen LogP contribution in [0.4, 0.5) is 0 Å². The number of aliphatic hydroxyl groups is 1. The van der Waals surface area contributed by atoms with Crippen LogP contribution < -0.4 is 0 Å². The van der Waals surface area contributed by atoms with Gasteiger partial charge in [-0.05, 0) is 57.2 Å². The third-order valence-corrected chi connectivity index (χ3v) is 5.03. The molecule has 0 saturated heterocycles. The van der Waals surface area contributed by atoms with E-state index in [0.29, 0.717) is 19.0 Å². The Morgan fingerprint density at radius 3 is 2.58 bits per heavy atom. The number of carbonyl (C=O) groups excluding carboxylic acids is 1. The fourth-order valence-corrected chi connectivity index (χ4v) is 3.27. The number of aryl methyl sites for hydroxylation is 1. The Labute approximate surface area is 147 Å². The lowest BCUT2D eigenvalue weighted by Crippen LogP contribution is -2.32. The first kappa shape index (κ1) is 17.1. The van der Waals surface area contributed by atoms with Gasteiger partial charge < -0.3 is 10.0 Å². The number of hydrogen-bond acceptors (Lipinski definition) is 4. The lowest BCUT2D eigenvalue weighted by molar-refractivity contribution is 0.0709. The Morgan fingerprint density at radius 1 is 1.33 bits per heavy atom. The van der Waals surface area contributed by atoms with Crippen LogP contribution in [0.5, 0.6) is 0 Å². The van der Waals surface area contributed by atoms with Crippen LogP contribution >= 0.6 is 11.3 Å². The predicted octanol–water partition coefficient (Wildman–Crippen LogP) is 3.65. The fraction of sp³-hybridized carbons (Fsp3) is 0.474. The Hall–Kier alpha value is -1.72. The minimum Gasteiger partial charge on any atom is -0.390 e. The first-order valence-corrected chi connectivity index (χ1v) is 9.31. The summed E-state index contributed by atoms with van der Waals surface area (Å²) < 4.78 is 0. The minimum absolute atomic E-state index is 0.0849. The zero-order chi connectivity index (χ0) is 17.2. The molecule has 1 aromatic carbocycles. The summed E-state index contributed by atoms with van der Waals surface area (Å²) >= 11 is 1.59. The zero-order valence-electron chi connectivity index (χ0n) is 14.2. The smallest absolute Gasteiger partial charge is 0.254 e. The van der Waals surface area contributed by atoms with E-state index in [1.54, 1.807) is 17.5 Å². The van der Waals surface area contributed by atoms with E-state index in [-0.39, 0.29) is 5.91 Å². The standard InChI is InChI=1S/C19H24N2O2S/c1-19(2,23)10-9-14-3-5-15(6-4-14)18(22)21(16-7-8-16)13-17-20-11-12-24-17/h3-6,11-12,16,23H,7-10,13H2,1-2H3. The monoisotopic (exact) mass is 344 g/mol. The van der Waals surface area contributed by atoms with Crippen LogP contribution in [0.3, 0.4) is 0 Å². The molecule has 0 unspecified atom stereocenters. The number of benzene rings is 1. The van der Waals surface area contributed by atoms with Crippen molar-refractivity contribution in [1.82, 2.24) is 9.88 Å². The van der Waals surface area contributed by atoms with E-state index in [9.17, 15) is 9.90 Å². The third-order valence-electron chi connectivity index (χ3n) is 4.26. The largest absolute Gasteiger partial charge is 0.390 e. The number of aromatic nitrogens is 1. The van der Waals surface area contributed by atoms with Crippen molar-refractivity contribution < 1.29 is 9.90 Å². The molecule has 0 spiro atoms. The average molecular weight is 344 g/mol. The number of amides is 1. The first-order chi connectivity index (χ1) is 11.4. The Bertz CT molecular complexity index is 670. The van der Waals surface area contributed by atoms with E-state index >= 15 is 0 Å². The molecular formula is C19H24N2O2S. The number of nitrogens with zero attached hydrogens (tertiary/aromatic N) is 2. The van der Waals surface area contributed by atoms with Crippen LogP contribution in [0.25, 0.3) is 0 Å². The second kappa shape index (κ2) is 7.03. The maximum absolute atomic E-state index is 12.8. The van der Waals surface area contributed by atoms with Crippen LogP contribution in [0.15, 0.2) is 35.8 Å². The molecule has 128 valence electrons. The number of rotatable bonds is 7. The molecule has 1 heterocycles. The van der Waals surface area contributed by atoms with Crippen molar-refractivity contribution in [2.24, 2.45) is 0 Å². The molecule has 1 saturated carbocycles. The molecule has 0 radical (unpaired) electrons. The van der Waals surface area contributed by atoms with Crippen LogP contribution in [-0.4, -0.2) is 32.5 Å². The van der Waals surface area contributed by atoms with Gasteiger partial charge in [0.2, 0.25) is 0 Å². The van der Waals surface area contributed by atoms with Crippen LogP contribution in [0.2, 0.25) is 0 Å². The second-order valence-corrected chi connectivity index (χ2v) is 8.08. The van der Waals surface area contributed by atoms with E-state index in [4.69, 9.17) is 0 Å². The Balaban J connectivity index is 1.66. The molecule has 5 heteroatoms. The summed E-state index contributed by atoms with van der Waals surface area (Å²) in [6, 6.07) is 8.15. The van der Waals surface area contributed by atoms with Gasteiger partial charge in [0.05, 0.1) is 12.1 Å². The van der Waals surface area contributed by atoms with Crippen molar-refractivity contribution in [3.63, 3.8) is 0 Å². The van der Waals surface area contributed by atoms with Crippen LogP contribution in [0, 0.1) is 0 Å². The van der Waals surface area contributed by atoms with Gasteiger partial charge in [-0.3, -0.25) is 4.79 Å². The Kier molecular flexibility index (Phi) is 5.01. The summed E-state index contributed by atoms with van der Waals surface area (Å²) in [7, 11) is 0. The third kappa shape index (κ3) is 4.65. The summed E-state index contributed by atoms with van der Waals surface area (Å²) in [5.41, 5.74) is 1.21. The van der Waals surface area contributed by atoms with Crippen molar-refractivity contribution in [3.8, 4) is 0 Å². The molecular weight excluding hydrogens is 320 g/mol. The molecule has 1 aliphatic rings. The van der Waals surface area contributed by atoms with Gasteiger partial charge in [0.25, 0.3) is 5.91 Å². The summed E-state index contributed by atoms with van der Waals surface area (Å²) in [4.78, 5) is 19.1. The molecule has 1 aliphatic carbocycles. The molecule has 1 aromatic heterocycles. The van der Waals surface area contributed by atoms with Gasteiger partial charge >= 0.3 is 0 Å². The summed E-state index contributed by atoms with van der Waals surface area (Å²) in [6.07, 6.45) is 5.47. The fourth-order valence-electron chi connectivity index (χ4n) is 2.66. The highest BCUT2D eigenvalue weighted by atomic mass is 32.1. The van der Waals surface area contributed by atoms with Gasteiger partial charge in [-0.15, -0.1) is 11.3 Å². The van der Waals surface area contributed by atoms with Crippen molar-refractivity contribution in [2.75, 3.05) is 0 Å². The molecule has 0 bridgehead atoms. The molecule has 0 atom stereocenters. The summed E-state index contributed by atoms with van der Waals surface area (Å²) in [6.45, 7) is 4.23. The summed E-state index contributed by atoms with van der Waals surface area (Å²) in [5, 5.41) is 12.7. The van der Waals surface area contributed by atoms with Crippen molar-refractivity contribution in [3.05, 3.63) is 52.0 Å². The number of hydrogen-bond donors (Lipinski definition) is 1. The molecule has 1 fully saturated rings. The van der Waals surface area contributed by atoms with Gasteiger partial charge in [-0.2, -0.15) is 0 Å². The maximum atomic E-state index is 12.8. The SMILES string of the molecule is CC(C)(O)CCc1ccc(C(=O)N(Cc2nccs2)C2CC2)cc1. The molecule has 24 heavy (non-hydrogen) atoms. The van der Waals surface area contributed by atoms with Gasteiger partial charge in [0.15, 0.2) is 0 Å². The normalized spacial score (nSPS) is 14.6. The van der Waals surface area contributed by atoms with Gasteiger partial charge in [0.1, 0.15) is 5.01 Å². The maximum Gasteiger partial charge on any atom is 0.254 e. The molecule has 1 amide bonds. The molecule has 0 aliphatic heterocycles. The van der Waals surface area contributed by atoms with E-state index in [2.05, 4.69) is 4.98 Å². The van der Waals surface area contributed by atoms with Crippen molar-refractivity contribution in [1.29, 1.82) is 0 Å². The average Bonchev–Trinajstić information content (AvgIpc) is 3.26. The topological polar surface area (TPSA) is 53.4 Å². The zero-order valence-corrected chi connectivity index (χ0v) is 15.1. The van der Waals surface area contributed by atoms with Crippen molar-refractivity contribution in [2.45, 2.75) is 57.7 Å². The highest BCUT2D eigenvalue weighted by Crippen LogP contribution is 2.30. The first-order valence-electron chi connectivity index (χ1n) is 8.43. The minimum atomic E-state index is -0.662. The quantitative estimate of drug-likeness (QED) is 0.834. The van der Waals surface area contributed by atoms with Gasteiger partial charge in [-0.1, -0.05) is 12.1 Å². The molecule has 4 nitrogen and oxygen atoms in total. The Morgan fingerprint density at radius 2 is 2.04 bits per heavy atom. The van der Waals surface area contributed by atoms with E-state index in [1.165, 1.54) is 0 Å². The summed E-state index contributed by atoms with van der Waals surface area (Å²) in [5.74, 6) is 0.0849. The van der Waals surface area contributed by atoms with E-state index in [1.807, 2.05) is 48.4 Å². The highest BCUT2D eigenvalue weighted by molar-refractivity contribution is 7.09. The second-order valence-electron chi connectivity index (χ2n) is 7.10. The molecule has 1 N–H and O–H groups in total. The molecule has 3 rings (SSSR count). The van der Waals surface area contributed by atoms with E-state index in [0.717, 1.165) is 35.4 Å². The number of thiazole rings is 1.